The van der Waals surface area contributed by atoms with Gasteiger partial charge < -0.3 is 4.98 Å². The summed E-state index contributed by atoms with van der Waals surface area (Å²) < 4.78 is 0. The zero-order valence-electron chi connectivity index (χ0n) is 14.7. The molecule has 2 heterocycles. The number of fused-ring (bicyclic) bond motifs is 1. The number of hydrogen-bond donors (Lipinski definition) is 1. The number of aromatic amines is 1. The molecule has 0 saturated heterocycles. The van der Waals surface area contributed by atoms with E-state index >= 15 is 0 Å². The molecule has 4 rings (SSSR count). The first-order chi connectivity index (χ1) is 13.7. The van der Waals surface area contributed by atoms with Crippen molar-refractivity contribution in [3.63, 3.8) is 0 Å². The first kappa shape index (κ1) is 18.3. The first-order valence-corrected chi connectivity index (χ1v) is 9.91. The number of nitrogens with one attached hydrogen (secondary N) is 1. The predicted molar refractivity (Wildman–Crippen MR) is 116 cm³/mol. The van der Waals surface area contributed by atoms with Crippen LogP contribution in [-0.4, -0.2) is 21.6 Å². The second-order valence-corrected chi connectivity index (χ2v) is 7.43. The van der Waals surface area contributed by atoms with E-state index < -0.39 is 5.92 Å². The molecule has 0 aliphatic rings. The van der Waals surface area contributed by atoms with E-state index in [1.165, 1.54) is 11.3 Å². The highest BCUT2D eigenvalue weighted by atomic mass is 32.1. The average Bonchev–Trinajstić information content (AvgIpc) is 3.36. The van der Waals surface area contributed by atoms with Gasteiger partial charge in [-0.3, -0.25) is 10.1 Å². The third kappa shape index (κ3) is 3.39. The van der Waals surface area contributed by atoms with Crippen LogP contribution in [0.15, 0.2) is 71.0 Å². The molecule has 5 nitrogen and oxygen atoms in total. The molecule has 2 aromatic carbocycles. The molecule has 4 aromatic rings. The van der Waals surface area contributed by atoms with Gasteiger partial charge in [-0.05, 0) is 41.4 Å². The number of rotatable bonds is 6. The van der Waals surface area contributed by atoms with Crippen LogP contribution in [0, 0.1) is 10.1 Å². The molecule has 138 valence electrons. The Kier molecular flexibility index (Phi) is 5.12. The largest absolute Gasteiger partial charge is 0.354 e. The van der Waals surface area contributed by atoms with E-state index in [2.05, 4.69) is 15.1 Å². The van der Waals surface area contributed by atoms with Crippen molar-refractivity contribution in [2.75, 3.05) is 6.54 Å². The highest BCUT2D eigenvalue weighted by Crippen LogP contribution is 2.43. The molecule has 0 spiro atoms. The highest BCUT2D eigenvalue weighted by molar-refractivity contribution is 7.78. The highest BCUT2D eigenvalue weighted by Gasteiger charge is 2.29. The third-order valence-electron chi connectivity index (χ3n) is 4.64. The van der Waals surface area contributed by atoms with Gasteiger partial charge in [0, 0.05) is 26.3 Å². The number of benzene rings is 2. The molecule has 0 aliphatic heterocycles. The summed E-state index contributed by atoms with van der Waals surface area (Å²) in [6.45, 7) is -0.205. The molecule has 1 atom stereocenters. The van der Waals surface area contributed by atoms with Crippen molar-refractivity contribution in [1.82, 2.24) is 4.98 Å². The quantitative estimate of drug-likeness (QED) is 0.184. The van der Waals surface area contributed by atoms with Gasteiger partial charge in [-0.1, -0.05) is 42.5 Å². The minimum atomic E-state index is -0.402. The average molecular weight is 406 g/mol. The molecule has 0 saturated carbocycles. The van der Waals surface area contributed by atoms with Crippen LogP contribution >= 0.6 is 23.6 Å². The van der Waals surface area contributed by atoms with Crippen LogP contribution in [0.25, 0.3) is 22.2 Å². The Labute approximate surface area is 170 Å². The van der Waals surface area contributed by atoms with Crippen molar-refractivity contribution in [1.29, 1.82) is 0 Å². The summed E-state index contributed by atoms with van der Waals surface area (Å²) in [5, 5.41) is 16.8. The fourth-order valence-corrected chi connectivity index (χ4v) is 4.47. The molecule has 0 amide bonds. The Morgan fingerprint density at radius 2 is 1.96 bits per heavy atom. The number of H-pyrrole nitrogens is 1. The van der Waals surface area contributed by atoms with Gasteiger partial charge in [0.25, 0.3) is 0 Å². The number of thiophene rings is 1. The molecule has 28 heavy (non-hydrogen) atoms. The SMILES string of the molecule is O=[N+]([O-])CC(c1cccs1)c1c(-c2ccccc2)[nH]c2cccc(N=C=S)c12. The fraction of sp³-hybridized carbons (Fsp3) is 0.0952. The van der Waals surface area contributed by atoms with Gasteiger partial charge >= 0.3 is 0 Å². The second-order valence-electron chi connectivity index (χ2n) is 6.27. The van der Waals surface area contributed by atoms with Crippen LogP contribution < -0.4 is 0 Å². The Bertz CT molecular complexity index is 1180. The molecule has 0 bridgehead atoms. The maximum absolute atomic E-state index is 11.5. The summed E-state index contributed by atoms with van der Waals surface area (Å²) in [5.41, 5.74) is 4.22. The molecule has 0 fully saturated rings. The van der Waals surface area contributed by atoms with Crippen molar-refractivity contribution >= 4 is 45.3 Å². The van der Waals surface area contributed by atoms with E-state index in [4.69, 9.17) is 12.2 Å². The van der Waals surface area contributed by atoms with Gasteiger partial charge in [0.2, 0.25) is 6.54 Å². The number of aromatic nitrogens is 1. The van der Waals surface area contributed by atoms with Crippen molar-refractivity contribution in [2.45, 2.75) is 5.92 Å². The Hall–Kier alpha value is -3.12. The maximum Gasteiger partial charge on any atom is 0.215 e. The molecular formula is C21H15N3O2S2. The Balaban J connectivity index is 2.08. The zero-order valence-corrected chi connectivity index (χ0v) is 16.3. The van der Waals surface area contributed by atoms with E-state index in [-0.39, 0.29) is 11.5 Å². The molecule has 1 unspecified atom stereocenters. The van der Waals surface area contributed by atoms with E-state index in [1.807, 2.05) is 66.0 Å². The summed E-state index contributed by atoms with van der Waals surface area (Å²) in [5.74, 6) is -0.402. The first-order valence-electron chi connectivity index (χ1n) is 8.62. The van der Waals surface area contributed by atoms with Gasteiger partial charge in [-0.25, -0.2) is 0 Å². The monoisotopic (exact) mass is 405 g/mol. The lowest BCUT2D eigenvalue weighted by Crippen LogP contribution is -2.13. The molecule has 1 N–H and O–H groups in total. The van der Waals surface area contributed by atoms with Crippen LogP contribution in [0.2, 0.25) is 0 Å². The third-order valence-corrected chi connectivity index (χ3v) is 5.71. The lowest BCUT2D eigenvalue weighted by atomic mass is 9.91. The lowest BCUT2D eigenvalue weighted by molar-refractivity contribution is -0.481. The Morgan fingerprint density at radius 1 is 1.14 bits per heavy atom. The smallest absolute Gasteiger partial charge is 0.215 e. The number of nitrogens with zero attached hydrogens (tertiary/aromatic N) is 2. The van der Waals surface area contributed by atoms with Crippen LogP contribution in [0.1, 0.15) is 16.4 Å². The van der Waals surface area contributed by atoms with E-state index in [1.54, 1.807) is 0 Å². The minimum absolute atomic E-state index is 0.205. The van der Waals surface area contributed by atoms with Gasteiger partial charge in [-0.2, -0.15) is 4.99 Å². The molecular weight excluding hydrogens is 390 g/mol. The molecule has 2 aromatic heterocycles. The standard InChI is InChI=1S/C21H15N3O2S2/c25-24(26)12-15(18-10-5-11-28-18)19-20-16(22-13-27)8-4-9-17(20)23-21(19)14-6-2-1-3-7-14/h1-11,15,23H,12H2. The number of isothiocyanates is 1. The topological polar surface area (TPSA) is 71.3 Å². The van der Waals surface area contributed by atoms with Crippen molar-refractivity contribution in [3.05, 3.63) is 86.6 Å². The van der Waals surface area contributed by atoms with Gasteiger partial charge in [-0.15, -0.1) is 11.3 Å². The summed E-state index contributed by atoms with van der Waals surface area (Å²) in [6.07, 6.45) is 0. The van der Waals surface area contributed by atoms with Crippen LogP contribution in [-0.2, 0) is 0 Å². The summed E-state index contributed by atoms with van der Waals surface area (Å²) in [6, 6.07) is 19.4. The van der Waals surface area contributed by atoms with E-state index in [0.717, 1.165) is 32.6 Å². The van der Waals surface area contributed by atoms with E-state index in [9.17, 15) is 10.1 Å². The van der Waals surface area contributed by atoms with Crippen molar-refractivity contribution in [3.8, 4) is 11.3 Å². The molecule has 0 aliphatic carbocycles. The molecule has 7 heteroatoms. The normalized spacial score (nSPS) is 11.9. The lowest BCUT2D eigenvalue weighted by Gasteiger charge is -2.14. The minimum Gasteiger partial charge on any atom is -0.354 e. The summed E-state index contributed by atoms with van der Waals surface area (Å²) >= 11 is 6.34. The summed E-state index contributed by atoms with van der Waals surface area (Å²) in [7, 11) is 0. The van der Waals surface area contributed by atoms with Crippen molar-refractivity contribution < 1.29 is 4.92 Å². The van der Waals surface area contributed by atoms with E-state index in [0.29, 0.717) is 5.69 Å². The van der Waals surface area contributed by atoms with Gasteiger partial charge in [0.05, 0.1) is 22.5 Å². The maximum atomic E-state index is 11.5. The zero-order chi connectivity index (χ0) is 19.5. The summed E-state index contributed by atoms with van der Waals surface area (Å²) in [4.78, 5) is 19.9. The van der Waals surface area contributed by atoms with Crippen LogP contribution in [0.4, 0.5) is 5.69 Å². The van der Waals surface area contributed by atoms with Crippen molar-refractivity contribution in [2.24, 2.45) is 4.99 Å². The van der Waals surface area contributed by atoms with Gasteiger partial charge in [0.1, 0.15) is 0 Å². The van der Waals surface area contributed by atoms with Crippen LogP contribution in [0.3, 0.4) is 0 Å². The van der Waals surface area contributed by atoms with Crippen LogP contribution in [0.5, 0.6) is 0 Å². The molecule has 0 radical (unpaired) electrons. The predicted octanol–water partition coefficient (Wildman–Crippen LogP) is 6.04. The Morgan fingerprint density at radius 3 is 2.64 bits per heavy atom. The number of aliphatic imine (C=N–C) groups is 1. The number of hydrogen-bond acceptors (Lipinski definition) is 5. The van der Waals surface area contributed by atoms with Gasteiger partial charge in [0.15, 0.2) is 0 Å². The fourth-order valence-electron chi connectivity index (χ4n) is 3.54. The second kappa shape index (κ2) is 7.86. The number of thiocarbonyl (C=S) groups is 1. The number of nitro groups is 1.